The topological polar surface area (TPSA) is 84.1 Å². The largest absolute Gasteiger partial charge is 0.476 e. The average Bonchev–Trinajstić information content (AvgIpc) is 2.85. The molecule has 0 aliphatic carbocycles. The SMILES string of the molecule is O=C(O)c1c(Oc2ccccc2CO)nc2ccccn12. The Morgan fingerprint density at radius 3 is 2.71 bits per heavy atom. The molecule has 106 valence electrons. The van der Waals surface area contributed by atoms with Crippen molar-refractivity contribution in [2.24, 2.45) is 0 Å². The molecule has 21 heavy (non-hydrogen) atoms. The molecule has 0 spiro atoms. The van der Waals surface area contributed by atoms with Crippen LogP contribution in [0.2, 0.25) is 0 Å². The van der Waals surface area contributed by atoms with Crippen LogP contribution in [0, 0.1) is 0 Å². The zero-order valence-corrected chi connectivity index (χ0v) is 10.9. The molecule has 6 heteroatoms. The van der Waals surface area contributed by atoms with Crippen molar-refractivity contribution >= 4 is 11.6 Å². The monoisotopic (exact) mass is 284 g/mol. The first-order chi connectivity index (χ1) is 10.2. The highest BCUT2D eigenvalue weighted by Crippen LogP contribution is 2.28. The quantitative estimate of drug-likeness (QED) is 0.768. The van der Waals surface area contributed by atoms with E-state index < -0.39 is 5.97 Å². The summed E-state index contributed by atoms with van der Waals surface area (Å²) in [6.45, 7) is -0.202. The first-order valence-corrected chi connectivity index (χ1v) is 6.27. The van der Waals surface area contributed by atoms with Gasteiger partial charge >= 0.3 is 5.97 Å². The van der Waals surface area contributed by atoms with E-state index in [4.69, 9.17) is 4.74 Å². The van der Waals surface area contributed by atoms with Gasteiger partial charge in [-0.25, -0.2) is 4.79 Å². The predicted octanol–water partition coefficient (Wildman–Crippen LogP) is 2.32. The van der Waals surface area contributed by atoms with E-state index in [0.717, 1.165) is 0 Å². The summed E-state index contributed by atoms with van der Waals surface area (Å²) in [6.07, 6.45) is 1.61. The number of carboxylic acid groups (broad SMARTS) is 1. The van der Waals surface area contributed by atoms with Crippen molar-refractivity contribution in [3.05, 3.63) is 59.9 Å². The molecule has 2 heterocycles. The van der Waals surface area contributed by atoms with Crippen LogP contribution in [0.3, 0.4) is 0 Å². The van der Waals surface area contributed by atoms with Gasteiger partial charge in [0.05, 0.1) is 6.61 Å². The number of aliphatic hydroxyl groups is 1. The molecule has 0 radical (unpaired) electrons. The average molecular weight is 284 g/mol. The molecule has 2 aromatic heterocycles. The van der Waals surface area contributed by atoms with E-state index in [1.165, 1.54) is 4.40 Å². The van der Waals surface area contributed by atoms with Crippen molar-refractivity contribution in [2.45, 2.75) is 6.61 Å². The van der Waals surface area contributed by atoms with Crippen molar-refractivity contribution in [3.63, 3.8) is 0 Å². The number of rotatable bonds is 4. The third kappa shape index (κ3) is 2.32. The Balaban J connectivity index is 2.12. The summed E-state index contributed by atoms with van der Waals surface area (Å²) < 4.78 is 7.05. The molecule has 0 unspecified atom stereocenters. The minimum absolute atomic E-state index is 0.00500. The molecule has 3 aromatic rings. The highest BCUT2D eigenvalue weighted by atomic mass is 16.5. The van der Waals surface area contributed by atoms with Gasteiger partial charge in [-0.2, -0.15) is 4.98 Å². The number of benzene rings is 1. The summed E-state index contributed by atoms with van der Waals surface area (Å²) in [4.78, 5) is 15.6. The Morgan fingerprint density at radius 1 is 1.19 bits per heavy atom. The molecular formula is C15H12N2O4. The molecule has 0 saturated heterocycles. The summed E-state index contributed by atoms with van der Waals surface area (Å²) in [5, 5.41) is 18.7. The van der Waals surface area contributed by atoms with E-state index >= 15 is 0 Å². The van der Waals surface area contributed by atoms with Gasteiger partial charge < -0.3 is 14.9 Å². The summed E-state index contributed by atoms with van der Waals surface area (Å²) in [7, 11) is 0. The standard InChI is InChI=1S/C15H12N2O4/c18-9-10-5-1-2-6-11(10)21-14-13(15(19)20)17-8-4-3-7-12(17)16-14/h1-8,18H,9H2,(H,19,20). The van der Waals surface area contributed by atoms with E-state index in [9.17, 15) is 15.0 Å². The van der Waals surface area contributed by atoms with Crippen LogP contribution in [0.5, 0.6) is 11.6 Å². The van der Waals surface area contributed by atoms with Gasteiger partial charge in [0, 0.05) is 11.8 Å². The summed E-state index contributed by atoms with van der Waals surface area (Å²) in [5.74, 6) is -0.759. The number of aromatic carboxylic acids is 1. The number of hydrogen-bond acceptors (Lipinski definition) is 4. The van der Waals surface area contributed by atoms with Gasteiger partial charge in [-0.1, -0.05) is 24.3 Å². The van der Waals surface area contributed by atoms with Crippen molar-refractivity contribution in [1.82, 2.24) is 9.38 Å². The highest BCUT2D eigenvalue weighted by molar-refractivity contribution is 5.90. The van der Waals surface area contributed by atoms with Crippen LogP contribution in [0.15, 0.2) is 48.7 Å². The van der Waals surface area contributed by atoms with Crippen LogP contribution in [0.25, 0.3) is 5.65 Å². The van der Waals surface area contributed by atoms with Gasteiger partial charge in [0.1, 0.15) is 11.4 Å². The van der Waals surface area contributed by atoms with Crippen LogP contribution in [0.4, 0.5) is 0 Å². The van der Waals surface area contributed by atoms with Crippen molar-refractivity contribution in [2.75, 3.05) is 0 Å². The normalized spacial score (nSPS) is 10.7. The van der Waals surface area contributed by atoms with Crippen LogP contribution in [0.1, 0.15) is 16.1 Å². The number of aliphatic hydroxyl groups excluding tert-OH is 1. The molecule has 2 N–H and O–H groups in total. The van der Waals surface area contributed by atoms with Crippen LogP contribution in [-0.4, -0.2) is 25.6 Å². The molecule has 0 bridgehead atoms. The van der Waals surface area contributed by atoms with Crippen LogP contribution >= 0.6 is 0 Å². The molecule has 0 aliphatic rings. The second kappa shape index (κ2) is 5.26. The third-order valence-electron chi connectivity index (χ3n) is 3.05. The minimum atomic E-state index is -1.13. The number of pyridine rings is 1. The Morgan fingerprint density at radius 2 is 1.95 bits per heavy atom. The Bertz CT molecular complexity index is 810. The number of fused-ring (bicyclic) bond motifs is 1. The smallest absolute Gasteiger partial charge is 0.358 e. The lowest BCUT2D eigenvalue weighted by molar-refractivity contribution is 0.0686. The highest BCUT2D eigenvalue weighted by Gasteiger charge is 2.21. The Kier molecular flexibility index (Phi) is 3.29. The first kappa shape index (κ1) is 13.1. The Labute approximate surface area is 119 Å². The minimum Gasteiger partial charge on any atom is -0.476 e. The number of nitrogens with zero attached hydrogens (tertiary/aromatic N) is 2. The lowest BCUT2D eigenvalue weighted by Gasteiger charge is -2.07. The first-order valence-electron chi connectivity index (χ1n) is 6.27. The van der Waals surface area contributed by atoms with E-state index in [0.29, 0.717) is 17.0 Å². The molecule has 0 amide bonds. The third-order valence-corrected chi connectivity index (χ3v) is 3.05. The lowest BCUT2D eigenvalue weighted by Crippen LogP contribution is -2.04. The predicted molar refractivity (Wildman–Crippen MR) is 74.6 cm³/mol. The molecule has 0 fully saturated rings. The molecule has 1 aromatic carbocycles. The molecular weight excluding hydrogens is 272 g/mol. The molecule has 0 saturated carbocycles. The number of imidazole rings is 1. The maximum atomic E-state index is 11.5. The van der Waals surface area contributed by atoms with E-state index in [1.54, 1.807) is 48.7 Å². The maximum Gasteiger partial charge on any atom is 0.358 e. The summed E-state index contributed by atoms with van der Waals surface area (Å²) >= 11 is 0. The number of hydrogen-bond donors (Lipinski definition) is 2. The second-order valence-corrected chi connectivity index (χ2v) is 4.37. The fourth-order valence-corrected chi connectivity index (χ4v) is 2.08. The zero-order valence-electron chi connectivity index (χ0n) is 10.9. The van der Waals surface area contributed by atoms with E-state index in [-0.39, 0.29) is 18.2 Å². The van der Waals surface area contributed by atoms with Gasteiger partial charge in [0.25, 0.3) is 5.88 Å². The molecule has 0 aliphatic heterocycles. The van der Waals surface area contributed by atoms with Crippen molar-refractivity contribution in [1.29, 1.82) is 0 Å². The Hall–Kier alpha value is -2.86. The van der Waals surface area contributed by atoms with Gasteiger partial charge in [-0.3, -0.25) is 4.40 Å². The molecule has 3 rings (SSSR count). The van der Waals surface area contributed by atoms with Crippen LogP contribution < -0.4 is 4.74 Å². The number of carbonyl (C=O) groups is 1. The molecule has 0 atom stereocenters. The van der Waals surface area contributed by atoms with Crippen molar-refractivity contribution in [3.8, 4) is 11.6 Å². The van der Waals surface area contributed by atoms with Crippen LogP contribution in [-0.2, 0) is 6.61 Å². The molecule has 6 nitrogen and oxygen atoms in total. The fraction of sp³-hybridized carbons (Fsp3) is 0.0667. The lowest BCUT2D eigenvalue weighted by atomic mass is 10.2. The second-order valence-electron chi connectivity index (χ2n) is 4.37. The summed E-state index contributed by atoms with van der Waals surface area (Å²) in [5.41, 5.74) is 0.982. The van der Waals surface area contributed by atoms with Gasteiger partial charge in [0.15, 0.2) is 5.69 Å². The fourth-order valence-electron chi connectivity index (χ4n) is 2.08. The summed E-state index contributed by atoms with van der Waals surface area (Å²) in [6, 6.07) is 12.0. The van der Waals surface area contributed by atoms with E-state index in [2.05, 4.69) is 4.98 Å². The van der Waals surface area contributed by atoms with Crippen molar-refractivity contribution < 1.29 is 19.7 Å². The van der Waals surface area contributed by atoms with Gasteiger partial charge in [-0.05, 0) is 18.2 Å². The zero-order chi connectivity index (χ0) is 14.8. The van der Waals surface area contributed by atoms with Gasteiger partial charge in [-0.15, -0.1) is 0 Å². The van der Waals surface area contributed by atoms with E-state index in [1.807, 2.05) is 0 Å². The number of ether oxygens (including phenoxy) is 1. The van der Waals surface area contributed by atoms with Gasteiger partial charge in [0.2, 0.25) is 0 Å². The maximum absolute atomic E-state index is 11.5. The number of carboxylic acids is 1. The number of para-hydroxylation sites is 1. The number of aromatic nitrogens is 2.